The van der Waals surface area contributed by atoms with Crippen LogP contribution in [0.25, 0.3) is 11.3 Å². The normalized spacial score (nSPS) is 14.8. The number of carbonyl (C=O) groups excluding carboxylic acids is 1. The zero-order chi connectivity index (χ0) is 24.5. The molecule has 2 aliphatic rings. The van der Waals surface area contributed by atoms with Gasteiger partial charge in [-0.25, -0.2) is 4.79 Å². The number of anilines is 1. The molecule has 0 radical (unpaired) electrons. The average Bonchev–Trinajstić information content (AvgIpc) is 2.86. The van der Waals surface area contributed by atoms with Crippen molar-refractivity contribution in [2.24, 2.45) is 0 Å². The molecular weight excluding hydrogens is 487 g/mol. The van der Waals surface area contributed by atoms with E-state index in [0.717, 1.165) is 28.1 Å². The molecular formula is C26H26Cl2N4O3. The Labute approximate surface area is 213 Å². The van der Waals surface area contributed by atoms with E-state index in [-0.39, 0.29) is 11.6 Å². The number of fused-ring (bicyclic) bond motifs is 3. The van der Waals surface area contributed by atoms with Crippen molar-refractivity contribution in [3.05, 3.63) is 74.3 Å². The minimum absolute atomic E-state index is 0.0912. The molecule has 5 rings (SSSR count). The van der Waals surface area contributed by atoms with Gasteiger partial charge in [-0.2, -0.15) is 4.98 Å². The molecule has 9 heteroatoms. The van der Waals surface area contributed by atoms with Crippen LogP contribution in [0, 0.1) is 6.92 Å². The Hall–Kier alpha value is -3.03. The number of benzene rings is 2. The third-order valence-corrected chi connectivity index (χ3v) is 7.35. The minimum Gasteiger partial charge on any atom is -0.488 e. The molecule has 0 atom stereocenters. The molecule has 1 aromatic heterocycles. The van der Waals surface area contributed by atoms with Crippen molar-refractivity contribution in [3.8, 4) is 17.0 Å². The summed E-state index contributed by atoms with van der Waals surface area (Å²) in [5, 5.41) is 1.07. The van der Waals surface area contributed by atoms with Crippen molar-refractivity contribution in [1.82, 2.24) is 14.5 Å². The minimum atomic E-state index is -0.308. The number of hydrogen-bond acceptors (Lipinski definition) is 5. The largest absolute Gasteiger partial charge is 0.488 e. The maximum atomic E-state index is 12.8. The Morgan fingerprint density at radius 1 is 1.11 bits per heavy atom. The van der Waals surface area contributed by atoms with Gasteiger partial charge in [-0.15, -0.1) is 0 Å². The average molecular weight is 513 g/mol. The SMILES string of the molecule is Cc1ccc2c(c1)-c1nc(=O)n(CCCC(=O)N3CCN(c4cccc(Cl)c4Cl)CC3)cc1CO2. The monoisotopic (exact) mass is 512 g/mol. The zero-order valence-corrected chi connectivity index (χ0v) is 21.0. The second-order valence-electron chi connectivity index (χ2n) is 8.92. The van der Waals surface area contributed by atoms with Crippen LogP contribution in [0.15, 0.2) is 47.4 Å². The summed E-state index contributed by atoms with van der Waals surface area (Å²) < 4.78 is 7.42. The summed E-state index contributed by atoms with van der Waals surface area (Å²) in [5.41, 5.74) is 4.09. The van der Waals surface area contributed by atoms with Crippen molar-refractivity contribution in [2.75, 3.05) is 31.1 Å². The molecule has 0 spiro atoms. The maximum Gasteiger partial charge on any atom is 0.348 e. The lowest BCUT2D eigenvalue weighted by atomic mass is 10.0. The predicted octanol–water partition coefficient (Wildman–Crippen LogP) is 4.55. The first-order valence-corrected chi connectivity index (χ1v) is 12.5. The molecule has 3 heterocycles. The highest BCUT2D eigenvalue weighted by molar-refractivity contribution is 6.43. The molecule has 182 valence electrons. The van der Waals surface area contributed by atoms with Crippen LogP contribution < -0.4 is 15.3 Å². The Bertz CT molecular complexity index is 1330. The van der Waals surface area contributed by atoms with Gasteiger partial charge in [0, 0.05) is 56.5 Å². The van der Waals surface area contributed by atoms with Gasteiger partial charge < -0.3 is 14.5 Å². The van der Waals surface area contributed by atoms with Gasteiger partial charge in [0.25, 0.3) is 0 Å². The van der Waals surface area contributed by atoms with Crippen LogP contribution in [-0.4, -0.2) is 46.5 Å². The summed E-state index contributed by atoms with van der Waals surface area (Å²) in [4.78, 5) is 33.8. The van der Waals surface area contributed by atoms with Crippen LogP contribution in [0.1, 0.15) is 24.0 Å². The first kappa shape index (κ1) is 23.7. The van der Waals surface area contributed by atoms with Crippen LogP contribution in [0.5, 0.6) is 5.75 Å². The summed E-state index contributed by atoms with van der Waals surface area (Å²) in [6, 6.07) is 11.5. The summed E-state index contributed by atoms with van der Waals surface area (Å²) in [6.45, 7) is 5.44. The van der Waals surface area contributed by atoms with E-state index in [1.54, 1.807) is 10.6 Å². The number of hydrogen-bond donors (Lipinski definition) is 0. The van der Waals surface area contributed by atoms with Gasteiger partial charge in [-0.1, -0.05) is 40.9 Å². The number of carbonyl (C=O) groups is 1. The fraction of sp³-hybridized carbons (Fsp3) is 0.346. The number of rotatable bonds is 5. The first-order chi connectivity index (χ1) is 16.9. The first-order valence-electron chi connectivity index (χ1n) is 11.7. The van der Waals surface area contributed by atoms with Gasteiger partial charge in [-0.3, -0.25) is 9.36 Å². The predicted molar refractivity (Wildman–Crippen MR) is 137 cm³/mol. The van der Waals surface area contributed by atoms with Crippen molar-refractivity contribution in [3.63, 3.8) is 0 Å². The number of amides is 1. The number of aromatic nitrogens is 2. The number of halogens is 2. The third kappa shape index (κ3) is 4.88. The van der Waals surface area contributed by atoms with Gasteiger partial charge in [-0.05, 0) is 37.6 Å². The topological polar surface area (TPSA) is 67.7 Å². The molecule has 0 unspecified atom stereocenters. The van der Waals surface area contributed by atoms with Crippen molar-refractivity contribution >= 4 is 34.8 Å². The van der Waals surface area contributed by atoms with Gasteiger partial charge in [0.05, 0.1) is 21.4 Å². The summed E-state index contributed by atoms with van der Waals surface area (Å²) in [6.07, 6.45) is 2.75. The standard InChI is InChI=1S/C26H26Cl2N4O3/c1-17-7-8-22-19(14-17)25-18(16-35-22)15-32(26(34)29-25)9-3-6-23(33)31-12-10-30(11-13-31)21-5-2-4-20(27)24(21)28/h2,4-5,7-8,14-15H,3,6,9-13,16H2,1H3. The fourth-order valence-corrected chi connectivity index (χ4v) is 5.05. The molecule has 0 N–H and O–H groups in total. The van der Waals surface area contributed by atoms with Gasteiger partial charge in [0.1, 0.15) is 12.4 Å². The quantitative estimate of drug-likeness (QED) is 0.501. The van der Waals surface area contributed by atoms with E-state index in [1.807, 2.05) is 48.4 Å². The van der Waals surface area contributed by atoms with Crippen LogP contribution >= 0.6 is 23.2 Å². The van der Waals surface area contributed by atoms with E-state index < -0.39 is 0 Å². The number of aryl methyl sites for hydroxylation is 2. The molecule has 7 nitrogen and oxygen atoms in total. The molecule has 0 saturated carbocycles. The summed E-state index contributed by atoms with van der Waals surface area (Å²) in [7, 11) is 0. The molecule has 1 amide bonds. The molecule has 3 aromatic rings. The lowest BCUT2D eigenvalue weighted by molar-refractivity contribution is -0.131. The second kappa shape index (κ2) is 9.91. The number of nitrogens with zero attached hydrogens (tertiary/aromatic N) is 4. The van der Waals surface area contributed by atoms with E-state index in [9.17, 15) is 9.59 Å². The number of ether oxygens (including phenoxy) is 1. The molecule has 2 aromatic carbocycles. The highest BCUT2D eigenvalue weighted by Crippen LogP contribution is 2.36. The Kier molecular flexibility index (Phi) is 6.71. The maximum absolute atomic E-state index is 12.8. The van der Waals surface area contributed by atoms with E-state index >= 15 is 0 Å². The van der Waals surface area contributed by atoms with E-state index in [4.69, 9.17) is 27.9 Å². The lowest BCUT2D eigenvalue weighted by Crippen LogP contribution is -2.48. The molecule has 0 aliphatic carbocycles. The van der Waals surface area contributed by atoms with Gasteiger partial charge in [0.15, 0.2) is 0 Å². The van der Waals surface area contributed by atoms with E-state index in [0.29, 0.717) is 67.9 Å². The fourth-order valence-electron chi connectivity index (χ4n) is 4.64. The van der Waals surface area contributed by atoms with E-state index in [1.165, 1.54) is 0 Å². The summed E-state index contributed by atoms with van der Waals surface area (Å²) in [5.74, 6) is 0.838. The van der Waals surface area contributed by atoms with Crippen molar-refractivity contribution in [1.29, 1.82) is 0 Å². The van der Waals surface area contributed by atoms with Crippen LogP contribution in [0.3, 0.4) is 0 Å². The van der Waals surface area contributed by atoms with E-state index in [2.05, 4.69) is 9.88 Å². The molecule has 2 aliphatic heterocycles. The van der Waals surface area contributed by atoms with Crippen LogP contribution in [-0.2, 0) is 17.9 Å². The highest BCUT2D eigenvalue weighted by Gasteiger charge is 2.23. The summed E-state index contributed by atoms with van der Waals surface area (Å²) >= 11 is 12.5. The highest BCUT2D eigenvalue weighted by atomic mass is 35.5. The lowest BCUT2D eigenvalue weighted by Gasteiger charge is -2.36. The Morgan fingerprint density at radius 3 is 2.71 bits per heavy atom. The smallest absolute Gasteiger partial charge is 0.348 e. The van der Waals surface area contributed by atoms with Gasteiger partial charge in [0.2, 0.25) is 5.91 Å². The Balaban J connectivity index is 1.17. The molecule has 0 bridgehead atoms. The van der Waals surface area contributed by atoms with Crippen molar-refractivity contribution < 1.29 is 9.53 Å². The van der Waals surface area contributed by atoms with Crippen LogP contribution in [0.2, 0.25) is 10.0 Å². The second-order valence-corrected chi connectivity index (χ2v) is 9.71. The molecule has 1 fully saturated rings. The third-order valence-electron chi connectivity index (χ3n) is 6.54. The molecule has 1 saturated heterocycles. The van der Waals surface area contributed by atoms with Crippen molar-refractivity contribution in [2.45, 2.75) is 32.9 Å². The van der Waals surface area contributed by atoms with Gasteiger partial charge >= 0.3 is 5.69 Å². The molecule has 35 heavy (non-hydrogen) atoms. The number of piperazine rings is 1. The zero-order valence-electron chi connectivity index (χ0n) is 19.5. The van der Waals surface area contributed by atoms with Crippen LogP contribution in [0.4, 0.5) is 5.69 Å². The Morgan fingerprint density at radius 2 is 1.91 bits per heavy atom.